The van der Waals surface area contributed by atoms with Gasteiger partial charge in [0.1, 0.15) is 19.3 Å². The van der Waals surface area contributed by atoms with Gasteiger partial charge in [-0.1, -0.05) is 26.8 Å². The number of fused-ring (bicyclic) bond motifs is 1. The number of carbonyl (C=O) groups is 5. The average Bonchev–Trinajstić information content (AvgIpc) is 3.04. The van der Waals surface area contributed by atoms with Gasteiger partial charge in [0, 0.05) is 29.8 Å². The Balaban J connectivity index is 1.66. The van der Waals surface area contributed by atoms with E-state index in [9.17, 15) is 24.0 Å². The second-order valence-electron chi connectivity index (χ2n) is 9.08. The molecule has 4 N–H and O–H groups in total. The number of hydrogen-bond acceptors (Lipinski definition) is 7. The number of anilines is 1. The number of nitrogens with one attached hydrogen (secondary N) is 2. The van der Waals surface area contributed by atoms with Crippen LogP contribution in [0.2, 0.25) is 0 Å². The van der Waals surface area contributed by atoms with Crippen LogP contribution in [0.1, 0.15) is 49.5 Å². The molecule has 1 fully saturated rings. The summed E-state index contributed by atoms with van der Waals surface area (Å²) >= 11 is 0. The highest BCUT2D eigenvalue weighted by molar-refractivity contribution is 6.06. The van der Waals surface area contributed by atoms with Crippen LogP contribution in [0.4, 0.5) is 10.5 Å². The molecule has 2 atom stereocenters. The molecule has 178 valence electrons. The summed E-state index contributed by atoms with van der Waals surface area (Å²) in [6.07, 6.45) is -1.09. The van der Waals surface area contributed by atoms with Crippen molar-refractivity contribution >= 4 is 35.4 Å². The minimum Gasteiger partial charge on any atom is -0.447 e. The van der Waals surface area contributed by atoms with Crippen molar-refractivity contribution in [2.24, 2.45) is 11.1 Å². The zero-order valence-corrected chi connectivity index (χ0v) is 18.8. The molecule has 1 aromatic rings. The highest BCUT2D eigenvalue weighted by Gasteiger charge is 2.40. The molecule has 1 aromatic carbocycles. The van der Waals surface area contributed by atoms with Crippen molar-refractivity contribution in [2.45, 2.75) is 52.3 Å². The fourth-order valence-corrected chi connectivity index (χ4v) is 3.77. The summed E-state index contributed by atoms with van der Waals surface area (Å²) in [6, 6.07) is 4.19. The normalized spacial score (nSPS) is 19.1. The number of nitrogens with two attached hydrogens (primary N) is 1. The third-order valence-electron chi connectivity index (χ3n) is 5.61. The van der Waals surface area contributed by atoms with Gasteiger partial charge in [-0.2, -0.15) is 0 Å². The second-order valence-corrected chi connectivity index (χ2v) is 9.08. The number of piperidine rings is 1. The third kappa shape index (κ3) is 5.67. The maximum atomic E-state index is 12.9. The van der Waals surface area contributed by atoms with E-state index in [1.54, 1.807) is 18.2 Å². The number of rotatable bonds is 7. The SMILES string of the molecule is CC(C)(C)C(COC(N)=O)OCC(=O)Nc1cccc2c1CN(C1CCC(=O)NC1=O)C2=O. The smallest absolute Gasteiger partial charge is 0.404 e. The van der Waals surface area contributed by atoms with Crippen LogP contribution < -0.4 is 16.4 Å². The molecule has 0 bridgehead atoms. The van der Waals surface area contributed by atoms with E-state index in [4.69, 9.17) is 15.2 Å². The van der Waals surface area contributed by atoms with Crippen molar-refractivity contribution in [3.63, 3.8) is 0 Å². The van der Waals surface area contributed by atoms with Crippen molar-refractivity contribution in [3.05, 3.63) is 29.3 Å². The zero-order chi connectivity index (χ0) is 24.3. The third-order valence-corrected chi connectivity index (χ3v) is 5.61. The van der Waals surface area contributed by atoms with Crippen molar-refractivity contribution < 1.29 is 33.4 Å². The Morgan fingerprint density at radius 1 is 1.27 bits per heavy atom. The van der Waals surface area contributed by atoms with Crippen LogP contribution >= 0.6 is 0 Å². The van der Waals surface area contributed by atoms with Gasteiger partial charge in [-0.05, 0) is 24.0 Å². The van der Waals surface area contributed by atoms with Gasteiger partial charge in [0.2, 0.25) is 17.7 Å². The summed E-state index contributed by atoms with van der Waals surface area (Å²) in [5, 5.41) is 5.01. The number of hydrogen-bond donors (Lipinski definition) is 3. The van der Waals surface area contributed by atoms with Gasteiger partial charge >= 0.3 is 6.09 Å². The van der Waals surface area contributed by atoms with E-state index < -0.39 is 35.5 Å². The second kappa shape index (κ2) is 9.57. The molecule has 11 nitrogen and oxygen atoms in total. The van der Waals surface area contributed by atoms with Crippen LogP contribution in [0, 0.1) is 5.41 Å². The topological polar surface area (TPSA) is 157 Å². The number of ether oxygens (including phenoxy) is 2. The molecule has 1 saturated heterocycles. The van der Waals surface area contributed by atoms with Gasteiger partial charge in [0.05, 0.1) is 6.10 Å². The van der Waals surface area contributed by atoms with Crippen molar-refractivity contribution in [2.75, 3.05) is 18.5 Å². The van der Waals surface area contributed by atoms with E-state index >= 15 is 0 Å². The van der Waals surface area contributed by atoms with Gasteiger partial charge in [0.15, 0.2) is 0 Å². The molecule has 11 heteroatoms. The molecule has 2 aliphatic heterocycles. The minimum absolute atomic E-state index is 0.0950. The molecule has 0 radical (unpaired) electrons. The number of imide groups is 1. The summed E-state index contributed by atoms with van der Waals surface area (Å²) in [5.74, 6) is -1.65. The first-order valence-corrected chi connectivity index (χ1v) is 10.6. The highest BCUT2D eigenvalue weighted by Crippen LogP contribution is 2.32. The number of benzene rings is 1. The predicted molar refractivity (Wildman–Crippen MR) is 116 cm³/mol. The van der Waals surface area contributed by atoms with E-state index in [2.05, 4.69) is 10.6 Å². The molecule has 3 rings (SSSR count). The number of carbonyl (C=O) groups excluding carboxylic acids is 5. The Kier molecular flexibility index (Phi) is 7.01. The molecule has 33 heavy (non-hydrogen) atoms. The van der Waals surface area contributed by atoms with E-state index in [1.807, 2.05) is 20.8 Å². The van der Waals surface area contributed by atoms with Gasteiger partial charge in [0.25, 0.3) is 5.91 Å². The fourth-order valence-electron chi connectivity index (χ4n) is 3.77. The van der Waals surface area contributed by atoms with Gasteiger partial charge in [-0.15, -0.1) is 0 Å². The zero-order valence-electron chi connectivity index (χ0n) is 18.8. The van der Waals surface area contributed by atoms with Gasteiger partial charge in [-0.25, -0.2) is 4.79 Å². The van der Waals surface area contributed by atoms with E-state index in [-0.39, 0.29) is 44.4 Å². The first-order chi connectivity index (χ1) is 15.5. The molecule has 5 amide bonds. The van der Waals surface area contributed by atoms with Crippen LogP contribution in [0.15, 0.2) is 18.2 Å². The number of amides is 5. The summed E-state index contributed by atoms with van der Waals surface area (Å²) in [7, 11) is 0. The van der Waals surface area contributed by atoms with Gasteiger partial charge < -0.3 is 25.4 Å². The summed E-state index contributed by atoms with van der Waals surface area (Å²) < 4.78 is 10.5. The predicted octanol–water partition coefficient (Wildman–Crippen LogP) is 0.913. The van der Waals surface area contributed by atoms with Crippen LogP contribution in [0.25, 0.3) is 0 Å². The van der Waals surface area contributed by atoms with Crippen LogP contribution in [0.3, 0.4) is 0 Å². The number of nitrogens with zero attached hydrogens (tertiary/aromatic N) is 1. The van der Waals surface area contributed by atoms with E-state index in [0.717, 1.165) is 0 Å². The molecular formula is C22H28N4O7. The fraction of sp³-hybridized carbons (Fsp3) is 0.500. The Morgan fingerprint density at radius 3 is 2.64 bits per heavy atom. The lowest BCUT2D eigenvalue weighted by molar-refractivity contribution is -0.137. The van der Waals surface area contributed by atoms with Crippen LogP contribution in [0.5, 0.6) is 0 Å². The Bertz CT molecular complexity index is 985. The molecule has 0 saturated carbocycles. The summed E-state index contributed by atoms with van der Waals surface area (Å²) in [4.78, 5) is 61.4. The first-order valence-electron chi connectivity index (χ1n) is 10.6. The lowest BCUT2D eigenvalue weighted by Crippen LogP contribution is -2.52. The molecule has 0 spiro atoms. The molecule has 2 heterocycles. The molecule has 2 unspecified atom stereocenters. The minimum atomic E-state index is -0.928. The monoisotopic (exact) mass is 460 g/mol. The summed E-state index contributed by atoms with van der Waals surface area (Å²) in [5.41, 5.74) is 6.01. The molecule has 0 aromatic heterocycles. The first kappa shape index (κ1) is 24.2. The lowest BCUT2D eigenvalue weighted by Gasteiger charge is -2.30. The summed E-state index contributed by atoms with van der Waals surface area (Å²) in [6.45, 7) is 5.35. The average molecular weight is 460 g/mol. The standard InChI is InChI=1S/C22H28N4O7/c1-22(2,3)16(10-33-21(23)31)32-11-18(28)24-14-6-4-5-12-13(14)9-26(20(12)30)15-7-8-17(27)25-19(15)29/h4-6,15-16H,7-11H2,1-3H3,(H2,23,31)(H,24,28)(H,25,27,29). The quantitative estimate of drug-likeness (QED) is 0.510. The van der Waals surface area contributed by atoms with Crippen molar-refractivity contribution in [3.8, 4) is 0 Å². The Morgan fingerprint density at radius 2 is 2.00 bits per heavy atom. The molecule has 0 aliphatic carbocycles. The van der Waals surface area contributed by atoms with Crippen molar-refractivity contribution in [1.29, 1.82) is 0 Å². The van der Waals surface area contributed by atoms with Crippen LogP contribution in [-0.4, -0.2) is 60.0 Å². The van der Waals surface area contributed by atoms with Gasteiger partial charge in [-0.3, -0.25) is 24.5 Å². The maximum absolute atomic E-state index is 12.9. The Hall–Kier alpha value is -3.47. The van der Waals surface area contributed by atoms with Crippen LogP contribution in [-0.2, 0) is 30.4 Å². The highest BCUT2D eigenvalue weighted by atomic mass is 16.6. The largest absolute Gasteiger partial charge is 0.447 e. The van der Waals surface area contributed by atoms with Crippen molar-refractivity contribution in [1.82, 2.24) is 10.2 Å². The maximum Gasteiger partial charge on any atom is 0.404 e. The van der Waals surface area contributed by atoms with E-state index in [1.165, 1.54) is 4.90 Å². The molecule has 2 aliphatic rings. The Labute approximate surface area is 190 Å². The lowest BCUT2D eigenvalue weighted by atomic mass is 9.89. The van der Waals surface area contributed by atoms with E-state index in [0.29, 0.717) is 16.8 Å². The molecular weight excluding hydrogens is 432 g/mol. The number of primary amides is 1.